The van der Waals surface area contributed by atoms with Gasteiger partial charge in [0.25, 0.3) is 0 Å². The zero-order valence-electron chi connectivity index (χ0n) is 10.2. The van der Waals surface area contributed by atoms with Gasteiger partial charge >= 0.3 is 6.18 Å². The Hall–Kier alpha value is -1.81. The van der Waals surface area contributed by atoms with Gasteiger partial charge in [-0.25, -0.2) is 4.39 Å². The van der Waals surface area contributed by atoms with Gasteiger partial charge in [-0.05, 0) is 19.1 Å². The van der Waals surface area contributed by atoms with Crippen LogP contribution >= 0.6 is 0 Å². The number of rotatable bonds is 4. The van der Waals surface area contributed by atoms with Crippen LogP contribution in [-0.2, 0) is 4.74 Å². The van der Waals surface area contributed by atoms with Crippen molar-refractivity contribution < 1.29 is 27.0 Å². The Bertz CT molecular complexity index is 494. The summed E-state index contributed by atoms with van der Waals surface area (Å²) in [5.41, 5.74) is -0.997. The van der Waals surface area contributed by atoms with Crippen LogP contribution < -0.4 is 4.74 Å². The molecule has 1 rings (SSSR count). The minimum Gasteiger partial charge on any atom is -0.495 e. The third-order valence-electron chi connectivity index (χ3n) is 2.37. The van der Waals surface area contributed by atoms with E-state index in [4.69, 9.17) is 10.00 Å². The fourth-order valence-corrected chi connectivity index (χ4v) is 1.63. The third-order valence-corrected chi connectivity index (χ3v) is 2.37. The quantitative estimate of drug-likeness (QED) is 0.793. The van der Waals surface area contributed by atoms with Crippen LogP contribution in [0.15, 0.2) is 12.1 Å². The summed E-state index contributed by atoms with van der Waals surface area (Å²) in [6.07, 6.45) is -6.95. The van der Waals surface area contributed by atoms with Crippen molar-refractivity contribution in [2.45, 2.75) is 19.2 Å². The van der Waals surface area contributed by atoms with E-state index in [9.17, 15) is 17.6 Å². The fourth-order valence-electron chi connectivity index (χ4n) is 1.63. The van der Waals surface area contributed by atoms with E-state index in [0.29, 0.717) is 0 Å². The SMILES string of the molecule is CCOC(c1ccc(F)c(C#N)c1OC)C(F)(F)F. The topological polar surface area (TPSA) is 42.2 Å². The standard InChI is InChI=1S/C12H11F4NO2/c1-3-19-11(12(14,15)16)7-4-5-9(13)8(6-17)10(7)18-2/h4-5,11H,3H2,1-2H3. The van der Waals surface area contributed by atoms with Gasteiger partial charge in [0, 0.05) is 12.2 Å². The van der Waals surface area contributed by atoms with Crippen LogP contribution in [0.3, 0.4) is 0 Å². The molecule has 0 aromatic heterocycles. The molecule has 1 unspecified atom stereocenters. The van der Waals surface area contributed by atoms with Gasteiger partial charge in [-0.2, -0.15) is 18.4 Å². The largest absolute Gasteiger partial charge is 0.495 e. The summed E-state index contributed by atoms with van der Waals surface area (Å²) in [7, 11) is 1.07. The Balaban J connectivity index is 3.44. The highest BCUT2D eigenvalue weighted by atomic mass is 19.4. The lowest BCUT2D eigenvalue weighted by molar-refractivity contribution is -0.223. The van der Waals surface area contributed by atoms with Crippen molar-refractivity contribution in [1.82, 2.24) is 0 Å². The van der Waals surface area contributed by atoms with Gasteiger partial charge in [-0.15, -0.1) is 0 Å². The highest BCUT2D eigenvalue weighted by Crippen LogP contribution is 2.41. The summed E-state index contributed by atoms with van der Waals surface area (Å²) in [6, 6.07) is 3.17. The molecule has 0 amide bonds. The Morgan fingerprint density at radius 1 is 1.37 bits per heavy atom. The number of methoxy groups -OCH3 is 1. The van der Waals surface area contributed by atoms with Crippen molar-refractivity contribution in [3.8, 4) is 11.8 Å². The summed E-state index contributed by atoms with van der Waals surface area (Å²) in [5.74, 6) is -1.40. The molecule has 0 bridgehead atoms. The predicted molar refractivity (Wildman–Crippen MR) is 58.1 cm³/mol. The lowest BCUT2D eigenvalue weighted by Gasteiger charge is -2.22. The molecule has 7 heteroatoms. The normalized spacial score (nSPS) is 12.9. The molecule has 1 atom stereocenters. The van der Waals surface area contributed by atoms with Crippen LogP contribution in [0.2, 0.25) is 0 Å². The maximum absolute atomic E-state index is 13.3. The molecule has 0 N–H and O–H groups in total. The molecule has 0 aliphatic carbocycles. The highest BCUT2D eigenvalue weighted by molar-refractivity contribution is 5.50. The highest BCUT2D eigenvalue weighted by Gasteiger charge is 2.43. The fraction of sp³-hybridized carbons (Fsp3) is 0.417. The van der Waals surface area contributed by atoms with E-state index in [1.165, 1.54) is 13.0 Å². The molecule has 0 saturated heterocycles. The third kappa shape index (κ3) is 3.15. The van der Waals surface area contributed by atoms with E-state index in [0.717, 1.165) is 19.2 Å². The second kappa shape index (κ2) is 5.89. The molecule has 0 aliphatic rings. The molecule has 0 aliphatic heterocycles. The number of alkyl halides is 3. The number of benzene rings is 1. The molecule has 0 fully saturated rings. The summed E-state index contributed by atoms with van der Waals surface area (Å²) in [4.78, 5) is 0. The van der Waals surface area contributed by atoms with Gasteiger partial charge in [0.05, 0.1) is 7.11 Å². The number of ether oxygens (including phenoxy) is 2. The van der Waals surface area contributed by atoms with E-state index in [1.54, 1.807) is 0 Å². The Morgan fingerprint density at radius 2 is 2.00 bits per heavy atom. The summed E-state index contributed by atoms with van der Waals surface area (Å²) in [6.45, 7) is 1.21. The van der Waals surface area contributed by atoms with Crippen LogP contribution in [-0.4, -0.2) is 19.9 Å². The molecular formula is C12H11F4NO2. The van der Waals surface area contributed by atoms with Crippen molar-refractivity contribution >= 4 is 0 Å². The van der Waals surface area contributed by atoms with Gasteiger partial charge in [0.15, 0.2) is 6.10 Å². The lowest BCUT2D eigenvalue weighted by atomic mass is 10.0. The molecule has 104 valence electrons. The van der Waals surface area contributed by atoms with Gasteiger partial charge in [0.1, 0.15) is 23.2 Å². The second-order valence-electron chi connectivity index (χ2n) is 3.53. The van der Waals surface area contributed by atoms with Gasteiger partial charge < -0.3 is 9.47 Å². The first kappa shape index (κ1) is 15.2. The number of hydrogen-bond donors (Lipinski definition) is 0. The van der Waals surface area contributed by atoms with Gasteiger partial charge in [-0.1, -0.05) is 0 Å². The van der Waals surface area contributed by atoms with E-state index in [-0.39, 0.29) is 6.61 Å². The van der Waals surface area contributed by atoms with Gasteiger partial charge in [-0.3, -0.25) is 0 Å². The first-order valence-corrected chi connectivity index (χ1v) is 5.31. The monoisotopic (exact) mass is 277 g/mol. The average Bonchev–Trinajstić information content (AvgIpc) is 2.34. The first-order chi connectivity index (χ1) is 8.86. The molecule has 1 aromatic rings. The van der Waals surface area contributed by atoms with Crippen LogP contribution in [0.25, 0.3) is 0 Å². The molecule has 0 radical (unpaired) electrons. The van der Waals surface area contributed by atoms with Crippen LogP contribution in [0, 0.1) is 17.1 Å². The minimum absolute atomic E-state index is 0.188. The molecule has 0 saturated carbocycles. The zero-order chi connectivity index (χ0) is 14.6. The number of halogens is 4. The Labute approximate surface area is 107 Å². The average molecular weight is 277 g/mol. The predicted octanol–water partition coefficient (Wildman–Crippen LogP) is 3.35. The maximum Gasteiger partial charge on any atom is 0.418 e. The summed E-state index contributed by atoms with van der Waals surface area (Å²) < 4.78 is 61.4. The van der Waals surface area contributed by atoms with E-state index in [1.807, 2.05) is 0 Å². The first-order valence-electron chi connectivity index (χ1n) is 5.31. The maximum atomic E-state index is 13.3. The Morgan fingerprint density at radius 3 is 2.42 bits per heavy atom. The van der Waals surface area contributed by atoms with Crippen LogP contribution in [0.4, 0.5) is 17.6 Å². The number of nitriles is 1. The van der Waals surface area contributed by atoms with Crippen molar-refractivity contribution in [3.05, 3.63) is 29.1 Å². The molecular weight excluding hydrogens is 266 g/mol. The molecule has 1 aromatic carbocycles. The Kier molecular flexibility index (Phi) is 4.72. The van der Waals surface area contributed by atoms with Gasteiger partial charge in [0.2, 0.25) is 0 Å². The van der Waals surface area contributed by atoms with Crippen molar-refractivity contribution in [2.24, 2.45) is 0 Å². The number of hydrogen-bond acceptors (Lipinski definition) is 3. The zero-order valence-corrected chi connectivity index (χ0v) is 10.2. The molecule has 3 nitrogen and oxygen atoms in total. The molecule has 0 spiro atoms. The van der Waals surface area contributed by atoms with Crippen molar-refractivity contribution in [1.29, 1.82) is 5.26 Å². The lowest BCUT2D eigenvalue weighted by Crippen LogP contribution is -2.24. The minimum atomic E-state index is -4.69. The number of nitrogens with zero attached hydrogens (tertiary/aromatic N) is 1. The second-order valence-corrected chi connectivity index (χ2v) is 3.53. The molecule has 0 heterocycles. The van der Waals surface area contributed by atoms with E-state index >= 15 is 0 Å². The van der Waals surface area contributed by atoms with E-state index in [2.05, 4.69) is 4.74 Å². The van der Waals surface area contributed by atoms with Crippen LogP contribution in [0.5, 0.6) is 5.75 Å². The van der Waals surface area contributed by atoms with E-state index < -0.39 is 35.0 Å². The van der Waals surface area contributed by atoms with Crippen molar-refractivity contribution in [2.75, 3.05) is 13.7 Å². The molecule has 19 heavy (non-hydrogen) atoms. The van der Waals surface area contributed by atoms with Crippen molar-refractivity contribution in [3.63, 3.8) is 0 Å². The van der Waals surface area contributed by atoms with Crippen LogP contribution in [0.1, 0.15) is 24.2 Å². The summed E-state index contributed by atoms with van der Waals surface area (Å²) in [5, 5.41) is 8.78. The summed E-state index contributed by atoms with van der Waals surface area (Å²) >= 11 is 0. The smallest absolute Gasteiger partial charge is 0.418 e.